The van der Waals surface area contributed by atoms with Gasteiger partial charge in [0.2, 0.25) is 10.0 Å². The van der Waals surface area contributed by atoms with E-state index in [9.17, 15) is 13.2 Å². The summed E-state index contributed by atoms with van der Waals surface area (Å²) in [6, 6.07) is 14.8. The molecular weight excluding hydrogens is 432 g/mol. The van der Waals surface area contributed by atoms with Crippen LogP contribution in [0.1, 0.15) is 21.7 Å². The molecule has 0 saturated carbocycles. The number of nitrogens with two attached hydrogens (primary N) is 1. The number of rotatable bonds is 8. The number of hydrogen-bond acceptors (Lipinski definition) is 7. The van der Waals surface area contributed by atoms with Crippen LogP contribution < -0.4 is 14.3 Å². The summed E-state index contributed by atoms with van der Waals surface area (Å²) in [6.07, 6.45) is 1.22. The first-order valence-electron chi connectivity index (χ1n) is 8.70. The highest BCUT2D eigenvalue weighted by atomic mass is 35.5. The number of halogens is 1. The largest absolute Gasteiger partial charge is 0.497 e. The molecule has 2 aromatic carbocycles. The molecule has 3 aromatic rings. The normalized spacial score (nSPS) is 11.2. The molecule has 8 nitrogen and oxygen atoms in total. The maximum atomic E-state index is 12.2. The first-order chi connectivity index (χ1) is 14.3. The highest BCUT2D eigenvalue weighted by Crippen LogP contribution is 2.24. The molecule has 0 atom stereocenters. The van der Waals surface area contributed by atoms with Crippen LogP contribution in [0.4, 0.5) is 5.69 Å². The molecule has 0 aliphatic carbocycles. The molecule has 3 rings (SSSR count). The third-order valence-corrected chi connectivity index (χ3v) is 5.50. The molecule has 0 amide bonds. The van der Waals surface area contributed by atoms with Crippen LogP contribution in [0.2, 0.25) is 0 Å². The third-order valence-electron chi connectivity index (χ3n) is 4.21. The van der Waals surface area contributed by atoms with Crippen LogP contribution in [0.3, 0.4) is 0 Å². The van der Waals surface area contributed by atoms with E-state index in [-0.39, 0.29) is 23.8 Å². The fourth-order valence-corrected chi connectivity index (χ4v) is 3.52. The van der Waals surface area contributed by atoms with E-state index in [4.69, 9.17) is 30.8 Å². The van der Waals surface area contributed by atoms with Crippen molar-refractivity contribution in [3.63, 3.8) is 0 Å². The van der Waals surface area contributed by atoms with E-state index in [1.54, 1.807) is 43.5 Å². The first-order valence-corrected chi connectivity index (χ1v) is 10.6. The van der Waals surface area contributed by atoms with Crippen molar-refractivity contribution < 1.29 is 27.1 Å². The van der Waals surface area contributed by atoms with E-state index >= 15 is 0 Å². The quantitative estimate of drug-likeness (QED) is 0.413. The molecule has 10 heteroatoms. The minimum atomic E-state index is -3.92. The van der Waals surface area contributed by atoms with Crippen molar-refractivity contribution in [2.75, 3.05) is 11.5 Å². The van der Waals surface area contributed by atoms with Gasteiger partial charge >= 0.3 is 5.97 Å². The van der Waals surface area contributed by atoms with Gasteiger partial charge in [0.05, 0.1) is 31.2 Å². The van der Waals surface area contributed by atoms with Crippen molar-refractivity contribution in [1.82, 2.24) is 0 Å². The minimum absolute atomic E-state index is 0.0401. The summed E-state index contributed by atoms with van der Waals surface area (Å²) in [4.78, 5) is 12.1. The Balaban J connectivity index is 1.61. The molecule has 0 aliphatic rings. The molecule has 0 bridgehead atoms. The second-order valence-corrected chi connectivity index (χ2v) is 8.18. The zero-order chi connectivity index (χ0) is 21.7. The lowest BCUT2D eigenvalue weighted by Gasteiger charge is -2.15. The van der Waals surface area contributed by atoms with Crippen molar-refractivity contribution in [2.24, 2.45) is 5.14 Å². The molecule has 0 spiro atoms. The molecule has 0 aliphatic heterocycles. The van der Waals surface area contributed by atoms with Crippen molar-refractivity contribution >= 4 is 33.5 Å². The summed E-state index contributed by atoms with van der Waals surface area (Å²) in [5, 5.41) is 5.15. The lowest BCUT2D eigenvalue weighted by Crippen LogP contribution is -2.16. The number of benzene rings is 2. The summed E-state index contributed by atoms with van der Waals surface area (Å²) in [5.74, 6) is 0.341. The number of sulfonamides is 1. The SMILES string of the molecule is COc1ccc(COC(=O)c2ccc(N(Cl)Cc3occc3S(N)(=O)=O)cc2)cc1. The van der Waals surface area contributed by atoms with Crippen LogP contribution in [-0.4, -0.2) is 21.5 Å². The number of esters is 1. The Morgan fingerprint density at radius 3 is 2.37 bits per heavy atom. The van der Waals surface area contributed by atoms with Crippen LogP contribution in [-0.2, 0) is 27.9 Å². The zero-order valence-electron chi connectivity index (χ0n) is 15.9. The smallest absolute Gasteiger partial charge is 0.338 e. The van der Waals surface area contributed by atoms with Gasteiger partial charge in [-0.15, -0.1) is 0 Å². The van der Waals surface area contributed by atoms with E-state index in [0.29, 0.717) is 11.3 Å². The van der Waals surface area contributed by atoms with Gasteiger partial charge in [-0.25, -0.2) is 18.4 Å². The van der Waals surface area contributed by atoms with Gasteiger partial charge < -0.3 is 13.9 Å². The van der Waals surface area contributed by atoms with Gasteiger partial charge in [-0.3, -0.25) is 4.42 Å². The van der Waals surface area contributed by atoms with Gasteiger partial charge in [0.15, 0.2) is 0 Å². The van der Waals surface area contributed by atoms with Crippen LogP contribution in [0.15, 0.2) is 70.2 Å². The number of primary sulfonamides is 1. The summed E-state index contributed by atoms with van der Waals surface area (Å²) in [7, 11) is -2.34. The first kappa shape index (κ1) is 21.7. The van der Waals surface area contributed by atoms with E-state index in [0.717, 1.165) is 11.3 Å². The van der Waals surface area contributed by atoms with Crippen molar-refractivity contribution in [3.05, 3.63) is 77.7 Å². The lowest BCUT2D eigenvalue weighted by atomic mass is 10.2. The summed E-state index contributed by atoms with van der Waals surface area (Å²) >= 11 is 6.23. The maximum absolute atomic E-state index is 12.2. The summed E-state index contributed by atoms with van der Waals surface area (Å²) < 4.78 is 39.9. The predicted octanol–water partition coefficient (Wildman–Crippen LogP) is 3.45. The molecule has 1 heterocycles. The Labute approximate surface area is 178 Å². The van der Waals surface area contributed by atoms with Crippen LogP contribution in [0, 0.1) is 0 Å². The van der Waals surface area contributed by atoms with E-state index in [1.165, 1.54) is 16.7 Å². The molecule has 1 aromatic heterocycles. The molecule has 30 heavy (non-hydrogen) atoms. The predicted molar refractivity (Wildman–Crippen MR) is 111 cm³/mol. The molecule has 2 N–H and O–H groups in total. The Morgan fingerprint density at radius 2 is 1.77 bits per heavy atom. The number of hydrogen-bond donors (Lipinski definition) is 1. The molecule has 0 fully saturated rings. The average Bonchev–Trinajstić information content (AvgIpc) is 3.21. The fourth-order valence-electron chi connectivity index (χ4n) is 2.63. The van der Waals surface area contributed by atoms with Gasteiger partial charge in [-0.05, 0) is 48.0 Å². The Bertz CT molecular complexity index is 1110. The van der Waals surface area contributed by atoms with Gasteiger partial charge in [0.1, 0.15) is 23.0 Å². The second kappa shape index (κ2) is 9.21. The number of methoxy groups -OCH3 is 1. The maximum Gasteiger partial charge on any atom is 0.338 e. The van der Waals surface area contributed by atoms with Crippen LogP contribution >= 0.6 is 11.8 Å². The number of nitrogens with zero attached hydrogens (tertiary/aromatic N) is 1. The zero-order valence-corrected chi connectivity index (χ0v) is 17.5. The van der Waals surface area contributed by atoms with Gasteiger partial charge in [0, 0.05) is 11.8 Å². The van der Waals surface area contributed by atoms with E-state index < -0.39 is 16.0 Å². The van der Waals surface area contributed by atoms with Crippen LogP contribution in [0.5, 0.6) is 5.75 Å². The topological polar surface area (TPSA) is 112 Å². The highest BCUT2D eigenvalue weighted by Gasteiger charge is 2.19. The molecule has 0 saturated heterocycles. The molecule has 158 valence electrons. The van der Waals surface area contributed by atoms with Crippen molar-refractivity contribution in [2.45, 2.75) is 18.0 Å². The highest BCUT2D eigenvalue weighted by molar-refractivity contribution is 7.89. The Kier molecular flexibility index (Phi) is 6.66. The minimum Gasteiger partial charge on any atom is -0.497 e. The molecule has 0 unspecified atom stereocenters. The third kappa shape index (κ3) is 5.32. The van der Waals surface area contributed by atoms with Crippen molar-refractivity contribution in [3.8, 4) is 5.75 Å². The van der Waals surface area contributed by atoms with Gasteiger partial charge in [-0.1, -0.05) is 12.1 Å². The van der Waals surface area contributed by atoms with Gasteiger partial charge in [-0.2, -0.15) is 0 Å². The second-order valence-electron chi connectivity index (χ2n) is 6.24. The standard InChI is InChI=1S/C20H19ClN2O6S/c1-27-17-8-2-14(3-9-17)13-29-20(24)15-4-6-16(7-5-15)23(21)12-18-19(10-11-28-18)30(22,25)26/h2-11H,12-13H2,1H3,(H2,22,25,26). The number of furan rings is 1. The number of ether oxygens (including phenoxy) is 2. The Morgan fingerprint density at radius 1 is 1.10 bits per heavy atom. The Hall–Kier alpha value is -3.01. The number of carbonyl (C=O) groups is 1. The van der Waals surface area contributed by atoms with Crippen LogP contribution in [0.25, 0.3) is 0 Å². The molecular formula is C20H19ClN2O6S. The van der Waals surface area contributed by atoms with Gasteiger partial charge in [0.25, 0.3) is 0 Å². The van der Waals surface area contributed by atoms with E-state index in [1.807, 2.05) is 12.1 Å². The fraction of sp³-hybridized carbons (Fsp3) is 0.150. The number of carbonyl (C=O) groups excluding carboxylic acids is 1. The average molecular weight is 451 g/mol. The number of anilines is 1. The summed E-state index contributed by atoms with van der Waals surface area (Å²) in [6.45, 7) is 0.0859. The monoisotopic (exact) mass is 450 g/mol. The van der Waals surface area contributed by atoms with E-state index in [2.05, 4.69) is 0 Å². The lowest BCUT2D eigenvalue weighted by molar-refractivity contribution is 0.0472. The molecule has 0 radical (unpaired) electrons. The summed E-state index contributed by atoms with van der Waals surface area (Å²) in [5.41, 5.74) is 1.71. The van der Waals surface area contributed by atoms with Crippen molar-refractivity contribution in [1.29, 1.82) is 0 Å².